The van der Waals surface area contributed by atoms with Gasteiger partial charge >= 0.3 is 0 Å². The van der Waals surface area contributed by atoms with Gasteiger partial charge in [-0.3, -0.25) is 10.1 Å². The lowest BCUT2D eigenvalue weighted by Crippen LogP contribution is -2.00. The van der Waals surface area contributed by atoms with E-state index in [9.17, 15) is 10.1 Å². The number of thioether (sulfide) groups is 1. The van der Waals surface area contributed by atoms with Crippen molar-refractivity contribution in [1.82, 2.24) is 14.8 Å². The van der Waals surface area contributed by atoms with Crippen molar-refractivity contribution in [2.24, 2.45) is 0 Å². The summed E-state index contributed by atoms with van der Waals surface area (Å²) in [5.74, 6) is 1.33. The first-order chi connectivity index (χ1) is 12.1. The molecule has 0 spiro atoms. The van der Waals surface area contributed by atoms with Crippen molar-refractivity contribution in [3.05, 3.63) is 69.2 Å². The lowest BCUT2D eigenvalue weighted by molar-refractivity contribution is -0.384. The van der Waals surface area contributed by atoms with Crippen LogP contribution in [0.1, 0.15) is 12.5 Å². The molecule has 0 aliphatic rings. The average molecular weight is 375 g/mol. The van der Waals surface area contributed by atoms with Gasteiger partial charge in [0, 0.05) is 35.0 Å². The number of benzene rings is 2. The smallest absolute Gasteiger partial charge is 0.269 e. The van der Waals surface area contributed by atoms with Crippen molar-refractivity contribution in [2.75, 3.05) is 0 Å². The number of nitro groups is 1. The van der Waals surface area contributed by atoms with Crippen LogP contribution in [0.15, 0.2) is 53.7 Å². The molecule has 0 aliphatic carbocycles. The molecule has 0 bridgehead atoms. The quantitative estimate of drug-likeness (QED) is 0.351. The Morgan fingerprint density at radius 3 is 2.72 bits per heavy atom. The van der Waals surface area contributed by atoms with Crippen LogP contribution < -0.4 is 0 Å². The van der Waals surface area contributed by atoms with Crippen LogP contribution in [0.5, 0.6) is 0 Å². The molecule has 3 rings (SSSR count). The molecule has 128 valence electrons. The molecule has 0 saturated heterocycles. The van der Waals surface area contributed by atoms with E-state index in [1.165, 1.54) is 17.8 Å². The molecule has 0 aliphatic heterocycles. The second-order valence-electron chi connectivity index (χ2n) is 5.28. The van der Waals surface area contributed by atoms with Crippen LogP contribution in [0.3, 0.4) is 0 Å². The van der Waals surface area contributed by atoms with E-state index in [0.717, 1.165) is 22.1 Å². The standard InChI is InChI=1S/C17H15ClN4O2S/c1-2-21-16(13-6-4-7-14(18)10-13)19-20-17(21)25-11-12-5-3-8-15(9-12)22(23)24/h3-10H,2,11H2,1H3. The van der Waals surface area contributed by atoms with Gasteiger partial charge in [-0.05, 0) is 24.6 Å². The largest absolute Gasteiger partial charge is 0.302 e. The Labute approximate surface area is 154 Å². The molecule has 0 N–H and O–H groups in total. The van der Waals surface area contributed by atoms with E-state index in [0.29, 0.717) is 17.3 Å². The zero-order valence-electron chi connectivity index (χ0n) is 13.4. The Morgan fingerprint density at radius 2 is 2.00 bits per heavy atom. The van der Waals surface area contributed by atoms with Gasteiger partial charge in [-0.25, -0.2) is 0 Å². The molecule has 0 atom stereocenters. The minimum absolute atomic E-state index is 0.0923. The van der Waals surface area contributed by atoms with Gasteiger partial charge in [0.1, 0.15) is 0 Å². The number of rotatable bonds is 6. The minimum atomic E-state index is -0.389. The highest BCUT2D eigenvalue weighted by molar-refractivity contribution is 7.98. The fraction of sp³-hybridized carbons (Fsp3) is 0.176. The Kier molecular flexibility index (Phi) is 5.35. The monoisotopic (exact) mass is 374 g/mol. The molecule has 2 aromatic carbocycles. The van der Waals surface area contributed by atoms with Crippen LogP contribution in [-0.4, -0.2) is 19.7 Å². The molecule has 6 nitrogen and oxygen atoms in total. The summed E-state index contributed by atoms with van der Waals surface area (Å²) in [5, 5.41) is 20.8. The van der Waals surface area contributed by atoms with Gasteiger partial charge in [0.2, 0.25) is 0 Å². The second-order valence-corrected chi connectivity index (χ2v) is 6.66. The molecule has 0 amide bonds. The van der Waals surface area contributed by atoms with Crippen molar-refractivity contribution in [2.45, 2.75) is 24.4 Å². The number of halogens is 1. The summed E-state index contributed by atoms with van der Waals surface area (Å²) >= 11 is 7.56. The Balaban J connectivity index is 1.82. The topological polar surface area (TPSA) is 73.8 Å². The number of nitro benzene ring substituents is 1. The molecule has 0 radical (unpaired) electrons. The Morgan fingerprint density at radius 1 is 1.20 bits per heavy atom. The number of hydrogen-bond donors (Lipinski definition) is 0. The third-order valence-corrected chi connectivity index (χ3v) is 4.88. The Hall–Kier alpha value is -2.38. The number of hydrogen-bond acceptors (Lipinski definition) is 5. The molecular formula is C17H15ClN4O2S. The zero-order valence-corrected chi connectivity index (χ0v) is 15.0. The molecule has 0 saturated carbocycles. The minimum Gasteiger partial charge on any atom is -0.302 e. The summed E-state index contributed by atoms with van der Waals surface area (Å²) in [5.41, 5.74) is 1.87. The maximum absolute atomic E-state index is 10.9. The van der Waals surface area contributed by atoms with Crippen LogP contribution >= 0.6 is 23.4 Å². The van der Waals surface area contributed by atoms with Crippen LogP contribution in [0, 0.1) is 10.1 Å². The van der Waals surface area contributed by atoms with Gasteiger partial charge in [-0.15, -0.1) is 10.2 Å². The Bertz CT molecular complexity index is 913. The van der Waals surface area contributed by atoms with E-state index in [1.807, 2.05) is 41.8 Å². The summed E-state index contributed by atoms with van der Waals surface area (Å²) in [6.07, 6.45) is 0. The molecular weight excluding hydrogens is 360 g/mol. The van der Waals surface area contributed by atoms with E-state index in [1.54, 1.807) is 12.1 Å². The van der Waals surface area contributed by atoms with Gasteiger partial charge in [-0.2, -0.15) is 0 Å². The zero-order chi connectivity index (χ0) is 17.8. The predicted octanol–water partition coefficient (Wildman–Crippen LogP) is 4.82. The summed E-state index contributed by atoms with van der Waals surface area (Å²) in [6.45, 7) is 2.74. The van der Waals surface area contributed by atoms with E-state index < -0.39 is 0 Å². The first-order valence-electron chi connectivity index (χ1n) is 7.63. The van der Waals surface area contributed by atoms with Gasteiger partial charge < -0.3 is 4.57 Å². The molecule has 0 unspecified atom stereocenters. The van der Waals surface area contributed by atoms with Crippen LogP contribution in [0.2, 0.25) is 5.02 Å². The number of non-ortho nitro benzene ring substituents is 1. The summed E-state index contributed by atoms with van der Waals surface area (Å²) in [7, 11) is 0. The van der Waals surface area contributed by atoms with E-state index >= 15 is 0 Å². The van der Waals surface area contributed by atoms with Gasteiger partial charge in [0.05, 0.1) is 4.92 Å². The highest BCUT2D eigenvalue weighted by Gasteiger charge is 2.14. The lowest BCUT2D eigenvalue weighted by Gasteiger charge is -2.07. The fourth-order valence-corrected chi connectivity index (χ4v) is 3.56. The lowest BCUT2D eigenvalue weighted by atomic mass is 10.2. The third-order valence-electron chi connectivity index (χ3n) is 3.61. The van der Waals surface area contributed by atoms with Crippen molar-refractivity contribution in [3.8, 4) is 11.4 Å². The highest BCUT2D eigenvalue weighted by Crippen LogP contribution is 2.28. The normalized spacial score (nSPS) is 10.8. The van der Waals surface area contributed by atoms with E-state index in [2.05, 4.69) is 10.2 Å². The van der Waals surface area contributed by atoms with Crippen molar-refractivity contribution < 1.29 is 4.92 Å². The predicted molar refractivity (Wildman–Crippen MR) is 98.8 cm³/mol. The van der Waals surface area contributed by atoms with Crippen molar-refractivity contribution in [3.63, 3.8) is 0 Å². The highest BCUT2D eigenvalue weighted by atomic mass is 35.5. The van der Waals surface area contributed by atoms with E-state index in [-0.39, 0.29) is 10.6 Å². The maximum Gasteiger partial charge on any atom is 0.269 e. The molecule has 1 heterocycles. The second kappa shape index (κ2) is 7.67. The molecule has 0 fully saturated rings. The van der Waals surface area contributed by atoms with Crippen LogP contribution in [0.25, 0.3) is 11.4 Å². The molecule has 1 aromatic heterocycles. The van der Waals surface area contributed by atoms with Crippen LogP contribution in [0.4, 0.5) is 5.69 Å². The summed E-state index contributed by atoms with van der Waals surface area (Å²) in [6, 6.07) is 14.1. The van der Waals surface area contributed by atoms with Gasteiger partial charge in [0.15, 0.2) is 11.0 Å². The summed E-state index contributed by atoms with van der Waals surface area (Å²) in [4.78, 5) is 10.5. The fourth-order valence-electron chi connectivity index (χ4n) is 2.43. The average Bonchev–Trinajstić information content (AvgIpc) is 3.03. The first kappa shape index (κ1) is 17.4. The van der Waals surface area contributed by atoms with Gasteiger partial charge in [0.25, 0.3) is 5.69 Å². The first-order valence-corrected chi connectivity index (χ1v) is 9.00. The third kappa shape index (κ3) is 4.00. The number of nitrogens with zero attached hydrogens (tertiary/aromatic N) is 4. The summed E-state index contributed by atoms with van der Waals surface area (Å²) < 4.78 is 2.01. The van der Waals surface area contributed by atoms with Crippen molar-refractivity contribution >= 4 is 29.1 Å². The van der Waals surface area contributed by atoms with Crippen LogP contribution in [-0.2, 0) is 12.3 Å². The van der Waals surface area contributed by atoms with Gasteiger partial charge in [-0.1, -0.05) is 47.6 Å². The molecule has 25 heavy (non-hydrogen) atoms. The van der Waals surface area contributed by atoms with E-state index in [4.69, 9.17) is 11.6 Å². The number of aromatic nitrogens is 3. The SMILES string of the molecule is CCn1c(SCc2cccc([N+](=O)[O-])c2)nnc1-c1cccc(Cl)c1. The van der Waals surface area contributed by atoms with Crippen molar-refractivity contribution in [1.29, 1.82) is 0 Å². The molecule has 8 heteroatoms. The molecule has 3 aromatic rings. The maximum atomic E-state index is 10.9.